The van der Waals surface area contributed by atoms with Crippen molar-refractivity contribution in [2.24, 2.45) is 5.92 Å². The number of amides is 2. The Labute approximate surface area is 178 Å². The van der Waals surface area contributed by atoms with E-state index in [2.05, 4.69) is 10.6 Å². The second kappa shape index (κ2) is 9.72. The van der Waals surface area contributed by atoms with Gasteiger partial charge in [0.25, 0.3) is 0 Å². The highest BCUT2D eigenvalue weighted by Gasteiger charge is 2.31. The molecule has 1 heterocycles. The topological polar surface area (TPSA) is 70.7 Å². The first-order valence-corrected chi connectivity index (χ1v) is 9.90. The highest BCUT2D eigenvalue weighted by molar-refractivity contribution is 5.94. The van der Waals surface area contributed by atoms with Crippen molar-refractivity contribution < 1.29 is 27.5 Å². The molecule has 1 aliphatic rings. The van der Waals surface area contributed by atoms with Crippen molar-refractivity contribution in [1.82, 2.24) is 4.90 Å². The van der Waals surface area contributed by atoms with Crippen LogP contribution in [0.1, 0.15) is 18.4 Å². The monoisotopic (exact) mass is 435 g/mol. The van der Waals surface area contributed by atoms with Crippen molar-refractivity contribution in [3.8, 4) is 5.75 Å². The van der Waals surface area contributed by atoms with E-state index in [4.69, 9.17) is 4.74 Å². The third-order valence-corrected chi connectivity index (χ3v) is 5.22. The van der Waals surface area contributed by atoms with Crippen LogP contribution in [0.25, 0.3) is 0 Å². The number of hydrogen-bond donors (Lipinski definition) is 2. The maximum absolute atomic E-state index is 12.8. The summed E-state index contributed by atoms with van der Waals surface area (Å²) in [5, 5.41) is 5.62. The largest absolute Gasteiger partial charge is 0.495 e. The fraction of sp³-hybridized carbons (Fsp3) is 0.364. The lowest BCUT2D eigenvalue weighted by Gasteiger charge is -2.31. The van der Waals surface area contributed by atoms with E-state index in [1.54, 1.807) is 23.1 Å². The van der Waals surface area contributed by atoms with Gasteiger partial charge in [0.1, 0.15) is 5.75 Å². The highest BCUT2D eigenvalue weighted by atomic mass is 19.4. The summed E-state index contributed by atoms with van der Waals surface area (Å²) in [4.78, 5) is 26.6. The van der Waals surface area contributed by atoms with Crippen LogP contribution in [0.3, 0.4) is 0 Å². The molecule has 6 nitrogen and oxygen atoms in total. The van der Waals surface area contributed by atoms with E-state index < -0.39 is 11.7 Å². The fourth-order valence-corrected chi connectivity index (χ4v) is 3.47. The summed E-state index contributed by atoms with van der Waals surface area (Å²) >= 11 is 0. The molecular formula is C22H24F3N3O3. The average Bonchev–Trinajstić information content (AvgIpc) is 2.77. The summed E-state index contributed by atoms with van der Waals surface area (Å²) in [6.07, 6.45) is -3.42. The number of carbonyl (C=O) groups excluding carboxylic acids is 2. The Morgan fingerprint density at radius 2 is 1.81 bits per heavy atom. The highest BCUT2D eigenvalue weighted by Crippen LogP contribution is 2.30. The van der Waals surface area contributed by atoms with Gasteiger partial charge in [-0.25, -0.2) is 0 Å². The number of rotatable bonds is 6. The van der Waals surface area contributed by atoms with Crippen molar-refractivity contribution in [2.45, 2.75) is 19.0 Å². The minimum Gasteiger partial charge on any atom is -0.495 e. The van der Waals surface area contributed by atoms with E-state index in [1.165, 1.54) is 19.2 Å². The maximum Gasteiger partial charge on any atom is 0.416 e. The van der Waals surface area contributed by atoms with Gasteiger partial charge in [-0.3, -0.25) is 9.59 Å². The van der Waals surface area contributed by atoms with Gasteiger partial charge in [0.2, 0.25) is 11.8 Å². The van der Waals surface area contributed by atoms with Gasteiger partial charge in [-0.15, -0.1) is 0 Å². The van der Waals surface area contributed by atoms with Gasteiger partial charge < -0.3 is 20.3 Å². The van der Waals surface area contributed by atoms with Gasteiger partial charge in [-0.05, 0) is 43.2 Å². The van der Waals surface area contributed by atoms with Crippen molar-refractivity contribution >= 4 is 23.2 Å². The molecule has 0 bridgehead atoms. The van der Waals surface area contributed by atoms with Crippen LogP contribution >= 0.6 is 0 Å². The molecule has 3 rings (SSSR count). The molecule has 1 saturated heterocycles. The first kappa shape index (κ1) is 22.5. The Hall–Kier alpha value is -3.23. The maximum atomic E-state index is 12.8. The quantitative estimate of drug-likeness (QED) is 0.720. The number of hydrogen-bond acceptors (Lipinski definition) is 4. The van der Waals surface area contributed by atoms with E-state index in [0.29, 0.717) is 37.4 Å². The smallest absolute Gasteiger partial charge is 0.416 e. The SMILES string of the molecule is COc1ccccc1NC(=O)C1CCN(C(=O)CNc2cccc(C(F)(F)F)c2)CC1. The second-order valence-electron chi connectivity index (χ2n) is 7.28. The van der Waals surface area contributed by atoms with E-state index in [9.17, 15) is 22.8 Å². The molecule has 2 amide bonds. The Morgan fingerprint density at radius 3 is 2.48 bits per heavy atom. The number of para-hydroxylation sites is 2. The first-order valence-electron chi connectivity index (χ1n) is 9.90. The van der Waals surface area contributed by atoms with Gasteiger partial charge >= 0.3 is 6.18 Å². The van der Waals surface area contributed by atoms with Gasteiger partial charge in [-0.2, -0.15) is 13.2 Å². The summed E-state index contributed by atoms with van der Waals surface area (Å²) in [5.74, 6) is -0.00536. The van der Waals surface area contributed by atoms with Crippen LogP contribution in [0.15, 0.2) is 48.5 Å². The molecule has 0 saturated carbocycles. The van der Waals surface area contributed by atoms with E-state index in [1.807, 2.05) is 6.07 Å². The summed E-state index contributed by atoms with van der Waals surface area (Å²) in [5.41, 5.74) is 0.0554. The molecule has 1 aliphatic heterocycles. The summed E-state index contributed by atoms with van der Waals surface area (Å²) in [6.45, 7) is 0.708. The van der Waals surface area contributed by atoms with Gasteiger partial charge in [-0.1, -0.05) is 18.2 Å². The number of likely N-dealkylation sites (tertiary alicyclic amines) is 1. The van der Waals surface area contributed by atoms with Crippen LogP contribution in [0.5, 0.6) is 5.75 Å². The zero-order valence-corrected chi connectivity index (χ0v) is 17.0. The normalized spacial score (nSPS) is 14.8. The number of benzene rings is 2. The Balaban J connectivity index is 1.48. The van der Waals surface area contributed by atoms with Crippen LogP contribution in [-0.2, 0) is 15.8 Å². The van der Waals surface area contributed by atoms with Crippen LogP contribution < -0.4 is 15.4 Å². The number of methoxy groups -OCH3 is 1. The predicted molar refractivity (Wildman–Crippen MR) is 111 cm³/mol. The van der Waals surface area contributed by atoms with Crippen molar-refractivity contribution in [3.63, 3.8) is 0 Å². The fourth-order valence-electron chi connectivity index (χ4n) is 3.47. The van der Waals surface area contributed by atoms with Gasteiger partial charge in [0.15, 0.2) is 0 Å². The van der Waals surface area contributed by atoms with Crippen LogP contribution in [0.4, 0.5) is 24.5 Å². The Bertz CT molecular complexity index is 925. The van der Waals surface area contributed by atoms with E-state index >= 15 is 0 Å². The molecule has 0 radical (unpaired) electrons. The van der Waals surface area contributed by atoms with E-state index in [-0.39, 0.29) is 30.0 Å². The molecular weight excluding hydrogens is 411 g/mol. The molecule has 9 heteroatoms. The molecule has 31 heavy (non-hydrogen) atoms. The lowest BCUT2D eigenvalue weighted by molar-refractivity contribution is -0.137. The zero-order chi connectivity index (χ0) is 22.4. The van der Waals surface area contributed by atoms with Crippen molar-refractivity contribution in [2.75, 3.05) is 37.4 Å². The lowest BCUT2D eigenvalue weighted by Crippen LogP contribution is -2.43. The number of halogens is 3. The molecule has 2 aromatic rings. The minimum absolute atomic E-state index is 0.112. The van der Waals surface area contributed by atoms with Crippen molar-refractivity contribution in [1.29, 1.82) is 0 Å². The molecule has 0 aliphatic carbocycles. The number of carbonyl (C=O) groups is 2. The average molecular weight is 435 g/mol. The molecule has 2 aromatic carbocycles. The van der Waals surface area contributed by atoms with Crippen LogP contribution in [0, 0.1) is 5.92 Å². The Kier molecular flexibility index (Phi) is 7.04. The van der Waals surface area contributed by atoms with Crippen LogP contribution in [0.2, 0.25) is 0 Å². The number of nitrogens with one attached hydrogen (secondary N) is 2. The lowest BCUT2D eigenvalue weighted by atomic mass is 9.95. The molecule has 0 atom stereocenters. The minimum atomic E-state index is -4.44. The summed E-state index contributed by atoms with van der Waals surface area (Å²) in [7, 11) is 1.53. The molecule has 0 unspecified atom stereocenters. The Morgan fingerprint density at radius 1 is 1.10 bits per heavy atom. The third-order valence-electron chi connectivity index (χ3n) is 5.22. The van der Waals surface area contributed by atoms with Crippen molar-refractivity contribution in [3.05, 3.63) is 54.1 Å². The molecule has 2 N–H and O–H groups in total. The van der Waals surface area contributed by atoms with Gasteiger partial charge in [0, 0.05) is 24.7 Å². The third kappa shape index (κ3) is 5.90. The zero-order valence-electron chi connectivity index (χ0n) is 17.0. The van der Waals surface area contributed by atoms with Crippen LogP contribution in [-0.4, -0.2) is 43.5 Å². The summed E-state index contributed by atoms with van der Waals surface area (Å²) in [6, 6.07) is 11.9. The second-order valence-corrected chi connectivity index (χ2v) is 7.28. The van der Waals surface area contributed by atoms with E-state index in [0.717, 1.165) is 12.1 Å². The molecule has 0 aromatic heterocycles. The molecule has 0 spiro atoms. The number of anilines is 2. The number of ether oxygens (including phenoxy) is 1. The molecule has 166 valence electrons. The predicted octanol–water partition coefficient (Wildman–Crippen LogP) is 4.00. The molecule has 1 fully saturated rings. The first-order chi connectivity index (χ1) is 14.8. The number of piperidine rings is 1. The number of alkyl halides is 3. The number of nitrogens with zero attached hydrogens (tertiary/aromatic N) is 1. The standard InChI is InChI=1S/C22H24F3N3O3/c1-31-19-8-3-2-7-18(19)27-21(30)15-9-11-28(12-10-15)20(29)14-26-17-6-4-5-16(13-17)22(23,24)25/h2-8,13,15,26H,9-12,14H2,1H3,(H,27,30). The van der Waals surface area contributed by atoms with Gasteiger partial charge in [0.05, 0.1) is 24.9 Å². The summed E-state index contributed by atoms with van der Waals surface area (Å²) < 4.78 is 43.6.